The zero-order valence-electron chi connectivity index (χ0n) is 13.5. The van der Waals surface area contributed by atoms with Gasteiger partial charge in [0.05, 0.1) is 19.5 Å². The van der Waals surface area contributed by atoms with Gasteiger partial charge >= 0.3 is 5.97 Å². The molecule has 10 heteroatoms. The average molecular weight is 375 g/mol. The summed E-state index contributed by atoms with van der Waals surface area (Å²) in [6.45, 7) is 0.583. The van der Waals surface area contributed by atoms with E-state index in [1.54, 1.807) is 16.8 Å². The summed E-state index contributed by atoms with van der Waals surface area (Å²) < 4.78 is 2.91. The smallest absolute Gasteiger partial charge is 0.305 e. The molecule has 3 aromatic rings. The lowest BCUT2D eigenvalue weighted by molar-refractivity contribution is -0.137. The van der Waals surface area contributed by atoms with Gasteiger partial charge in [0, 0.05) is 11.2 Å². The summed E-state index contributed by atoms with van der Waals surface area (Å²) >= 11 is 5.86. The van der Waals surface area contributed by atoms with Crippen molar-refractivity contribution in [1.82, 2.24) is 24.5 Å². The maximum atomic E-state index is 12.3. The van der Waals surface area contributed by atoms with E-state index in [1.807, 2.05) is 12.1 Å². The van der Waals surface area contributed by atoms with E-state index in [0.717, 1.165) is 5.56 Å². The van der Waals surface area contributed by atoms with Crippen LogP contribution in [-0.2, 0) is 17.9 Å². The molecule has 0 saturated heterocycles. The SMILES string of the molecule is O=C(O)CCn1nccc1C(=O)Nc1ncn(Cc2ccc(Cl)cc2)n1. The summed E-state index contributed by atoms with van der Waals surface area (Å²) in [7, 11) is 0. The van der Waals surface area contributed by atoms with Crippen LogP contribution in [0, 0.1) is 0 Å². The van der Waals surface area contributed by atoms with Crippen molar-refractivity contribution in [3.8, 4) is 0 Å². The number of aliphatic carboxylic acids is 1. The third-order valence-electron chi connectivity index (χ3n) is 3.51. The number of nitrogens with one attached hydrogen (secondary N) is 1. The molecule has 1 amide bonds. The minimum atomic E-state index is -0.963. The number of carbonyl (C=O) groups is 2. The molecule has 0 radical (unpaired) electrons. The number of hydrogen-bond acceptors (Lipinski definition) is 5. The van der Waals surface area contributed by atoms with E-state index in [0.29, 0.717) is 11.6 Å². The topological polar surface area (TPSA) is 115 Å². The molecule has 134 valence electrons. The van der Waals surface area contributed by atoms with Crippen molar-refractivity contribution in [3.63, 3.8) is 0 Å². The molecule has 3 rings (SSSR count). The van der Waals surface area contributed by atoms with Crippen LogP contribution in [-0.4, -0.2) is 41.5 Å². The molecule has 0 fully saturated rings. The number of benzene rings is 1. The van der Waals surface area contributed by atoms with Gasteiger partial charge in [-0.05, 0) is 23.8 Å². The van der Waals surface area contributed by atoms with Crippen molar-refractivity contribution in [1.29, 1.82) is 0 Å². The van der Waals surface area contributed by atoms with Crippen molar-refractivity contribution >= 4 is 29.4 Å². The molecular weight excluding hydrogens is 360 g/mol. The fourth-order valence-corrected chi connectivity index (χ4v) is 2.40. The molecule has 0 bridgehead atoms. The third-order valence-corrected chi connectivity index (χ3v) is 3.76. The number of anilines is 1. The number of carboxylic acid groups (broad SMARTS) is 1. The maximum absolute atomic E-state index is 12.3. The first-order chi connectivity index (χ1) is 12.5. The monoisotopic (exact) mass is 374 g/mol. The Kier molecular flexibility index (Phi) is 5.28. The lowest BCUT2D eigenvalue weighted by Gasteiger charge is -2.05. The van der Waals surface area contributed by atoms with Crippen LogP contribution in [0.5, 0.6) is 0 Å². The fourth-order valence-electron chi connectivity index (χ4n) is 2.28. The number of aryl methyl sites for hydroxylation is 1. The molecule has 9 nitrogen and oxygen atoms in total. The molecule has 26 heavy (non-hydrogen) atoms. The van der Waals surface area contributed by atoms with E-state index in [4.69, 9.17) is 16.7 Å². The van der Waals surface area contributed by atoms with Crippen LogP contribution in [0.3, 0.4) is 0 Å². The Morgan fingerprint density at radius 1 is 1.19 bits per heavy atom. The summed E-state index contributed by atoms with van der Waals surface area (Å²) in [5, 5.41) is 20.1. The Morgan fingerprint density at radius 3 is 2.69 bits per heavy atom. The van der Waals surface area contributed by atoms with Crippen molar-refractivity contribution in [2.45, 2.75) is 19.5 Å². The molecule has 1 aromatic carbocycles. The van der Waals surface area contributed by atoms with Crippen molar-refractivity contribution < 1.29 is 14.7 Å². The van der Waals surface area contributed by atoms with Crippen LogP contribution in [0.25, 0.3) is 0 Å². The van der Waals surface area contributed by atoms with E-state index in [9.17, 15) is 9.59 Å². The van der Waals surface area contributed by atoms with Crippen LogP contribution in [0.4, 0.5) is 5.95 Å². The fraction of sp³-hybridized carbons (Fsp3) is 0.188. The quantitative estimate of drug-likeness (QED) is 0.652. The highest BCUT2D eigenvalue weighted by molar-refractivity contribution is 6.30. The van der Waals surface area contributed by atoms with Crippen LogP contribution >= 0.6 is 11.6 Å². The van der Waals surface area contributed by atoms with E-state index in [2.05, 4.69) is 20.5 Å². The highest BCUT2D eigenvalue weighted by atomic mass is 35.5. The van der Waals surface area contributed by atoms with Gasteiger partial charge in [-0.15, -0.1) is 5.10 Å². The van der Waals surface area contributed by atoms with Crippen molar-refractivity contribution in [2.75, 3.05) is 5.32 Å². The summed E-state index contributed by atoms with van der Waals surface area (Å²) in [4.78, 5) is 27.0. The molecule has 2 N–H and O–H groups in total. The van der Waals surface area contributed by atoms with Gasteiger partial charge in [-0.1, -0.05) is 23.7 Å². The molecule has 0 unspecified atom stereocenters. The van der Waals surface area contributed by atoms with Crippen molar-refractivity contribution in [2.24, 2.45) is 0 Å². The van der Waals surface area contributed by atoms with Gasteiger partial charge in [0.2, 0.25) is 5.95 Å². The summed E-state index contributed by atoms with van der Waals surface area (Å²) in [5.74, 6) is -1.28. The zero-order chi connectivity index (χ0) is 18.5. The first kappa shape index (κ1) is 17.6. The molecule has 0 spiro atoms. The number of halogens is 1. The molecule has 0 aliphatic carbocycles. The second-order valence-electron chi connectivity index (χ2n) is 5.43. The van der Waals surface area contributed by atoms with Gasteiger partial charge in [-0.3, -0.25) is 19.6 Å². The predicted octanol–water partition coefficient (Wildman–Crippen LogP) is 1.90. The average Bonchev–Trinajstić information content (AvgIpc) is 3.24. The van der Waals surface area contributed by atoms with Gasteiger partial charge in [0.25, 0.3) is 5.91 Å². The molecular formula is C16H15ClN6O3. The molecule has 0 aliphatic heterocycles. The standard InChI is InChI=1S/C16H15ClN6O3/c17-12-3-1-11(2-4-12)9-22-10-18-16(21-22)20-15(26)13-5-7-19-23(13)8-6-14(24)25/h1-5,7,10H,6,8-9H2,(H,24,25)(H,20,21,26). The zero-order valence-corrected chi connectivity index (χ0v) is 14.3. The number of hydrogen-bond donors (Lipinski definition) is 2. The van der Waals surface area contributed by atoms with Gasteiger partial charge in [-0.2, -0.15) is 5.10 Å². The molecule has 0 atom stereocenters. The van der Waals surface area contributed by atoms with Crippen LogP contribution in [0.1, 0.15) is 22.5 Å². The summed E-state index contributed by atoms with van der Waals surface area (Å²) in [5.41, 5.74) is 1.23. The molecule has 0 aliphatic rings. The van der Waals surface area contributed by atoms with Gasteiger partial charge in [0.15, 0.2) is 0 Å². The highest BCUT2D eigenvalue weighted by Crippen LogP contribution is 2.11. The van der Waals surface area contributed by atoms with Crippen molar-refractivity contribution in [3.05, 3.63) is 59.1 Å². The molecule has 2 heterocycles. The second kappa shape index (κ2) is 7.79. The lowest BCUT2D eigenvalue weighted by Crippen LogP contribution is -2.19. The van der Waals surface area contributed by atoms with E-state index in [1.165, 1.54) is 23.3 Å². The lowest BCUT2D eigenvalue weighted by atomic mass is 10.2. The Morgan fingerprint density at radius 2 is 1.96 bits per heavy atom. The number of amides is 1. The van der Waals surface area contributed by atoms with Crippen LogP contribution < -0.4 is 5.32 Å². The Labute approximate surface area is 153 Å². The first-order valence-electron chi connectivity index (χ1n) is 7.70. The van der Waals surface area contributed by atoms with Gasteiger partial charge in [-0.25, -0.2) is 9.67 Å². The summed E-state index contributed by atoms with van der Waals surface area (Å²) in [6, 6.07) is 8.83. The minimum Gasteiger partial charge on any atom is -0.481 e. The number of nitrogens with zero attached hydrogens (tertiary/aromatic N) is 5. The third kappa shape index (κ3) is 4.45. The predicted molar refractivity (Wildman–Crippen MR) is 93.0 cm³/mol. The number of carbonyl (C=O) groups excluding carboxylic acids is 1. The van der Waals surface area contributed by atoms with E-state index >= 15 is 0 Å². The normalized spacial score (nSPS) is 10.7. The number of rotatable bonds is 7. The Hall–Kier alpha value is -3.20. The van der Waals surface area contributed by atoms with Crippen LogP contribution in [0.2, 0.25) is 5.02 Å². The maximum Gasteiger partial charge on any atom is 0.305 e. The van der Waals surface area contributed by atoms with Gasteiger partial charge in [0.1, 0.15) is 12.0 Å². The number of carboxylic acids is 1. The highest BCUT2D eigenvalue weighted by Gasteiger charge is 2.15. The minimum absolute atomic E-state index is 0.101. The van der Waals surface area contributed by atoms with Crippen LogP contribution in [0.15, 0.2) is 42.9 Å². The van der Waals surface area contributed by atoms with E-state index < -0.39 is 11.9 Å². The molecule has 0 saturated carbocycles. The Bertz CT molecular complexity index is 918. The largest absolute Gasteiger partial charge is 0.481 e. The number of aromatic nitrogens is 5. The summed E-state index contributed by atoms with van der Waals surface area (Å²) in [6.07, 6.45) is 2.81. The van der Waals surface area contributed by atoms with Gasteiger partial charge < -0.3 is 5.11 Å². The first-order valence-corrected chi connectivity index (χ1v) is 8.08. The van der Waals surface area contributed by atoms with E-state index in [-0.39, 0.29) is 24.6 Å². The second-order valence-corrected chi connectivity index (χ2v) is 5.87. The Balaban J connectivity index is 1.64. The molecule has 2 aromatic heterocycles.